The molecule has 8 heteroatoms. The molecule has 0 bridgehead atoms. The normalized spacial score (nSPS) is 23.8. The standard InChI is InChI=1S/C20H28N6O2/c1-22(2)12-15-11-16-19(28)26(20(24(5)6)25(16)18(15)27)17(13-23(3)4)14-7-9-21-10-8-14/h7-10,12-13,16,20H,11H2,1-6H3/b15-12+,17-13+. The van der Waals surface area contributed by atoms with E-state index in [2.05, 4.69) is 4.98 Å². The summed E-state index contributed by atoms with van der Waals surface area (Å²) in [6.07, 6.45) is 7.06. The fourth-order valence-electron chi connectivity index (χ4n) is 3.76. The second-order valence-corrected chi connectivity index (χ2v) is 7.78. The van der Waals surface area contributed by atoms with Crippen molar-refractivity contribution in [2.24, 2.45) is 0 Å². The Kier molecular flexibility index (Phi) is 5.42. The molecule has 28 heavy (non-hydrogen) atoms. The van der Waals surface area contributed by atoms with Gasteiger partial charge in [0.15, 0.2) is 6.29 Å². The number of nitrogens with zero attached hydrogens (tertiary/aromatic N) is 6. The lowest BCUT2D eigenvalue weighted by molar-refractivity contribution is -0.131. The van der Waals surface area contributed by atoms with Crippen LogP contribution in [0.3, 0.4) is 0 Å². The molecule has 150 valence electrons. The number of hydrogen-bond donors (Lipinski definition) is 0. The van der Waals surface area contributed by atoms with E-state index in [1.54, 1.807) is 22.2 Å². The molecule has 2 unspecified atom stereocenters. The lowest BCUT2D eigenvalue weighted by Crippen LogP contribution is -2.50. The molecule has 2 aliphatic rings. The van der Waals surface area contributed by atoms with Gasteiger partial charge < -0.3 is 9.80 Å². The molecule has 2 saturated heterocycles. The van der Waals surface area contributed by atoms with Crippen molar-refractivity contribution in [2.75, 3.05) is 42.3 Å². The van der Waals surface area contributed by atoms with E-state index >= 15 is 0 Å². The summed E-state index contributed by atoms with van der Waals surface area (Å²) in [5.41, 5.74) is 2.29. The van der Waals surface area contributed by atoms with Crippen LogP contribution in [0.2, 0.25) is 0 Å². The lowest BCUT2D eigenvalue weighted by Gasteiger charge is -2.35. The van der Waals surface area contributed by atoms with Gasteiger partial charge in [0.25, 0.3) is 11.8 Å². The third-order valence-corrected chi connectivity index (χ3v) is 4.75. The zero-order chi connectivity index (χ0) is 20.6. The van der Waals surface area contributed by atoms with Gasteiger partial charge in [-0.05, 0) is 26.2 Å². The van der Waals surface area contributed by atoms with Crippen LogP contribution in [0.25, 0.3) is 5.70 Å². The van der Waals surface area contributed by atoms with Crippen LogP contribution < -0.4 is 0 Å². The van der Waals surface area contributed by atoms with Crippen LogP contribution in [-0.2, 0) is 9.59 Å². The highest BCUT2D eigenvalue weighted by atomic mass is 16.2. The van der Waals surface area contributed by atoms with Crippen LogP contribution in [0.5, 0.6) is 0 Å². The highest BCUT2D eigenvalue weighted by molar-refractivity contribution is 6.05. The van der Waals surface area contributed by atoms with Gasteiger partial charge in [0, 0.05) is 70.5 Å². The SMILES string of the molecule is CN(C)/C=C1\CC2C(=O)N(/C(=C/N(C)C)c3ccncc3)C(N(C)C)N2C1=O. The topological polar surface area (TPSA) is 63.2 Å². The van der Waals surface area contributed by atoms with Crippen LogP contribution >= 0.6 is 0 Å². The second kappa shape index (κ2) is 7.63. The third-order valence-electron chi connectivity index (χ3n) is 4.75. The molecule has 0 saturated carbocycles. The molecule has 2 amide bonds. The first kappa shape index (κ1) is 19.9. The fraction of sp³-hybridized carbons (Fsp3) is 0.450. The van der Waals surface area contributed by atoms with Gasteiger partial charge in [-0.25, -0.2) is 0 Å². The quantitative estimate of drug-likeness (QED) is 0.696. The van der Waals surface area contributed by atoms with Crippen molar-refractivity contribution in [3.8, 4) is 0 Å². The van der Waals surface area contributed by atoms with Crippen molar-refractivity contribution in [3.05, 3.63) is 48.1 Å². The number of aromatic nitrogens is 1. The maximum Gasteiger partial charge on any atom is 0.254 e. The summed E-state index contributed by atoms with van der Waals surface area (Å²) in [6.45, 7) is 0. The van der Waals surface area contributed by atoms with E-state index in [1.807, 2.05) is 81.5 Å². The van der Waals surface area contributed by atoms with Gasteiger partial charge in [-0.3, -0.25) is 29.3 Å². The van der Waals surface area contributed by atoms with E-state index in [1.165, 1.54) is 0 Å². The van der Waals surface area contributed by atoms with Crippen LogP contribution in [0.15, 0.2) is 42.5 Å². The Labute approximate surface area is 166 Å². The van der Waals surface area contributed by atoms with Gasteiger partial charge in [0.05, 0.1) is 5.70 Å². The molecule has 0 radical (unpaired) electrons. The van der Waals surface area contributed by atoms with E-state index < -0.39 is 12.3 Å². The number of carbonyl (C=O) groups is 2. The average molecular weight is 384 g/mol. The zero-order valence-corrected chi connectivity index (χ0v) is 17.3. The summed E-state index contributed by atoms with van der Waals surface area (Å²) < 4.78 is 0. The second-order valence-electron chi connectivity index (χ2n) is 7.78. The molecule has 0 spiro atoms. The number of carbonyl (C=O) groups excluding carboxylic acids is 2. The Morgan fingerprint density at radius 2 is 1.71 bits per heavy atom. The number of amides is 2. The van der Waals surface area contributed by atoms with Gasteiger partial charge in [-0.2, -0.15) is 0 Å². The monoisotopic (exact) mass is 384 g/mol. The number of pyridine rings is 1. The first-order chi connectivity index (χ1) is 13.2. The Bertz CT molecular complexity index is 815. The maximum atomic E-state index is 13.5. The molecule has 1 aromatic rings. The summed E-state index contributed by atoms with van der Waals surface area (Å²) in [4.78, 5) is 39.7. The van der Waals surface area contributed by atoms with E-state index in [0.29, 0.717) is 12.0 Å². The highest BCUT2D eigenvalue weighted by Crippen LogP contribution is 2.39. The number of rotatable bonds is 5. The maximum absolute atomic E-state index is 13.5. The molecule has 3 heterocycles. The van der Waals surface area contributed by atoms with E-state index in [4.69, 9.17) is 0 Å². The molecular formula is C20H28N6O2. The third kappa shape index (κ3) is 3.47. The Hall–Kier alpha value is -2.87. The molecule has 3 rings (SSSR count). The summed E-state index contributed by atoms with van der Waals surface area (Å²) in [7, 11) is 11.3. The van der Waals surface area contributed by atoms with E-state index in [0.717, 1.165) is 11.3 Å². The van der Waals surface area contributed by atoms with Crippen molar-refractivity contribution in [3.63, 3.8) is 0 Å². The molecule has 0 aromatic carbocycles. The van der Waals surface area contributed by atoms with Gasteiger partial charge in [0.1, 0.15) is 6.04 Å². The molecule has 2 atom stereocenters. The minimum Gasteiger partial charge on any atom is -0.383 e. The summed E-state index contributed by atoms with van der Waals surface area (Å²) in [5.74, 6) is -0.161. The van der Waals surface area contributed by atoms with Crippen LogP contribution in [0.4, 0.5) is 0 Å². The minimum absolute atomic E-state index is 0.0703. The summed E-state index contributed by atoms with van der Waals surface area (Å²) in [5, 5.41) is 0. The molecule has 1 aromatic heterocycles. The minimum atomic E-state index is -0.488. The Morgan fingerprint density at radius 1 is 1.07 bits per heavy atom. The first-order valence-electron chi connectivity index (χ1n) is 9.20. The van der Waals surface area contributed by atoms with Gasteiger partial charge in [-0.15, -0.1) is 0 Å². The summed E-state index contributed by atoms with van der Waals surface area (Å²) >= 11 is 0. The van der Waals surface area contributed by atoms with E-state index in [9.17, 15) is 9.59 Å². The van der Waals surface area contributed by atoms with Crippen molar-refractivity contribution >= 4 is 17.5 Å². The lowest BCUT2D eigenvalue weighted by atomic mass is 10.1. The van der Waals surface area contributed by atoms with Crippen molar-refractivity contribution < 1.29 is 9.59 Å². The summed E-state index contributed by atoms with van der Waals surface area (Å²) in [6, 6.07) is 3.26. The average Bonchev–Trinajstić information content (AvgIpc) is 3.08. The van der Waals surface area contributed by atoms with E-state index in [-0.39, 0.29) is 11.8 Å². The van der Waals surface area contributed by atoms with Crippen LogP contribution in [0, 0.1) is 0 Å². The molecule has 0 N–H and O–H groups in total. The van der Waals surface area contributed by atoms with Crippen molar-refractivity contribution in [1.29, 1.82) is 0 Å². The molecule has 8 nitrogen and oxygen atoms in total. The smallest absolute Gasteiger partial charge is 0.254 e. The molecular weight excluding hydrogens is 356 g/mol. The molecule has 2 aliphatic heterocycles. The van der Waals surface area contributed by atoms with Gasteiger partial charge in [0.2, 0.25) is 0 Å². The van der Waals surface area contributed by atoms with Gasteiger partial charge in [-0.1, -0.05) is 0 Å². The highest BCUT2D eigenvalue weighted by Gasteiger charge is 2.55. The zero-order valence-electron chi connectivity index (χ0n) is 17.3. The predicted molar refractivity (Wildman–Crippen MR) is 107 cm³/mol. The van der Waals surface area contributed by atoms with Crippen LogP contribution in [-0.4, -0.2) is 95.9 Å². The van der Waals surface area contributed by atoms with Crippen LogP contribution in [0.1, 0.15) is 12.0 Å². The number of fused-ring (bicyclic) bond motifs is 1. The Balaban J connectivity index is 2.07. The molecule has 0 aliphatic carbocycles. The van der Waals surface area contributed by atoms with Crippen molar-refractivity contribution in [1.82, 2.24) is 29.5 Å². The first-order valence-corrected chi connectivity index (χ1v) is 9.20. The van der Waals surface area contributed by atoms with Crippen molar-refractivity contribution in [2.45, 2.75) is 18.8 Å². The fourth-order valence-corrected chi connectivity index (χ4v) is 3.76. The van der Waals surface area contributed by atoms with Gasteiger partial charge >= 0.3 is 0 Å². The number of hydrogen-bond acceptors (Lipinski definition) is 6. The predicted octanol–water partition coefficient (Wildman–Crippen LogP) is 0.675. The largest absolute Gasteiger partial charge is 0.383 e. The molecule has 2 fully saturated rings. The Morgan fingerprint density at radius 3 is 2.25 bits per heavy atom.